The normalized spacial score (nSPS) is 19.5. The highest BCUT2D eigenvalue weighted by atomic mass is 35.5. The molecule has 1 fully saturated rings. The van der Waals surface area contributed by atoms with Crippen molar-refractivity contribution in [3.63, 3.8) is 0 Å². The van der Waals surface area contributed by atoms with Crippen LogP contribution in [0.5, 0.6) is 0 Å². The summed E-state index contributed by atoms with van der Waals surface area (Å²) in [5.41, 5.74) is 9.17. The number of aromatic nitrogens is 3. The third-order valence-corrected chi connectivity index (χ3v) is 4.76. The van der Waals surface area contributed by atoms with E-state index in [1.54, 1.807) is 12.3 Å². The fourth-order valence-electron chi connectivity index (χ4n) is 3.34. The Labute approximate surface area is 162 Å². The first kappa shape index (κ1) is 19.1. The summed E-state index contributed by atoms with van der Waals surface area (Å²) in [6.45, 7) is 1.54. The largest absolute Gasteiger partial charge is 0.340 e. The Morgan fingerprint density at radius 1 is 1.26 bits per heavy atom. The number of nitrogens with zero attached hydrogens (tertiary/aromatic N) is 5. The number of anilines is 1. The molecule has 8 heteroatoms. The number of hydrogen-bond acceptors (Lipinski definition) is 5. The number of hydrogen-bond donors (Lipinski definition) is 1. The fourth-order valence-corrected chi connectivity index (χ4v) is 3.34. The van der Waals surface area contributed by atoms with Crippen molar-refractivity contribution in [1.29, 1.82) is 5.26 Å². The zero-order chi connectivity index (χ0) is 18.1. The first-order valence-electron chi connectivity index (χ1n) is 8.60. The average Bonchev–Trinajstić information content (AvgIpc) is 3.03. The number of halogens is 2. The van der Waals surface area contributed by atoms with E-state index in [0.29, 0.717) is 31.6 Å². The lowest BCUT2D eigenvalue weighted by Crippen LogP contribution is -2.50. The Kier molecular flexibility index (Phi) is 5.59. The van der Waals surface area contributed by atoms with Gasteiger partial charge in [-0.3, -0.25) is 4.98 Å². The van der Waals surface area contributed by atoms with E-state index in [4.69, 9.17) is 16.0 Å². The second kappa shape index (κ2) is 7.91. The van der Waals surface area contributed by atoms with Gasteiger partial charge in [0, 0.05) is 19.3 Å². The van der Waals surface area contributed by atoms with Crippen molar-refractivity contribution in [3.8, 4) is 6.07 Å². The molecule has 3 heterocycles. The van der Waals surface area contributed by atoms with Crippen molar-refractivity contribution in [3.05, 3.63) is 53.9 Å². The van der Waals surface area contributed by atoms with E-state index < -0.39 is 12.2 Å². The molecule has 1 saturated heterocycles. The van der Waals surface area contributed by atoms with Crippen LogP contribution < -0.4 is 10.6 Å². The first-order valence-corrected chi connectivity index (χ1v) is 8.60. The van der Waals surface area contributed by atoms with Crippen LogP contribution in [0.25, 0.3) is 11.0 Å². The van der Waals surface area contributed by atoms with E-state index in [-0.39, 0.29) is 12.4 Å². The molecule has 2 atom stereocenters. The molecule has 4 rings (SSSR count). The number of rotatable bonds is 3. The van der Waals surface area contributed by atoms with Crippen LogP contribution in [0.1, 0.15) is 17.7 Å². The molecule has 1 aromatic carbocycles. The summed E-state index contributed by atoms with van der Waals surface area (Å²) >= 11 is 0. The van der Waals surface area contributed by atoms with Crippen LogP contribution in [-0.4, -0.2) is 39.8 Å². The molecule has 2 N–H and O–H groups in total. The highest BCUT2D eigenvalue weighted by Crippen LogP contribution is 2.26. The number of nitrogens with two attached hydrogens (primary N) is 1. The lowest BCUT2D eigenvalue weighted by molar-refractivity contribution is 0.243. The fraction of sp³-hybridized carbons (Fsp3) is 0.316. The maximum absolute atomic E-state index is 13.8. The Bertz CT molecular complexity index is 964. The summed E-state index contributed by atoms with van der Waals surface area (Å²) in [5, 5.41) is 8.93. The molecule has 0 amide bonds. The zero-order valence-corrected chi connectivity index (χ0v) is 15.4. The number of pyridine rings is 1. The van der Waals surface area contributed by atoms with Gasteiger partial charge in [-0.05, 0) is 30.7 Å². The molecule has 6 nitrogen and oxygen atoms in total. The minimum atomic E-state index is -0.968. The number of nitriles is 1. The van der Waals surface area contributed by atoms with Gasteiger partial charge in [-0.15, -0.1) is 12.4 Å². The minimum Gasteiger partial charge on any atom is -0.340 e. The van der Waals surface area contributed by atoms with Gasteiger partial charge in [0.15, 0.2) is 0 Å². The third kappa shape index (κ3) is 3.72. The molecular weight excluding hydrogens is 367 g/mol. The Morgan fingerprint density at radius 2 is 2.07 bits per heavy atom. The van der Waals surface area contributed by atoms with Gasteiger partial charge >= 0.3 is 0 Å². The molecule has 1 aliphatic heterocycles. The zero-order valence-electron chi connectivity index (χ0n) is 14.6. The molecule has 3 aromatic rings. The van der Waals surface area contributed by atoms with Crippen molar-refractivity contribution in [2.45, 2.75) is 25.2 Å². The van der Waals surface area contributed by atoms with Gasteiger partial charge in [0.1, 0.15) is 12.2 Å². The van der Waals surface area contributed by atoms with Gasteiger partial charge < -0.3 is 15.2 Å². The van der Waals surface area contributed by atoms with Crippen molar-refractivity contribution in [2.75, 3.05) is 18.0 Å². The maximum atomic E-state index is 13.8. The predicted molar refractivity (Wildman–Crippen MR) is 105 cm³/mol. The molecule has 27 heavy (non-hydrogen) atoms. The second-order valence-electron chi connectivity index (χ2n) is 6.55. The van der Waals surface area contributed by atoms with Crippen LogP contribution in [0.4, 0.5) is 10.3 Å². The van der Waals surface area contributed by atoms with Crippen LogP contribution in [-0.2, 0) is 6.54 Å². The van der Waals surface area contributed by atoms with Crippen molar-refractivity contribution in [1.82, 2.24) is 14.5 Å². The van der Waals surface area contributed by atoms with E-state index in [9.17, 15) is 4.39 Å². The van der Waals surface area contributed by atoms with Crippen LogP contribution in [0.2, 0.25) is 0 Å². The Hall–Kier alpha value is -2.69. The number of fused-ring (bicyclic) bond motifs is 1. The molecule has 0 bridgehead atoms. The van der Waals surface area contributed by atoms with Crippen molar-refractivity contribution >= 4 is 29.4 Å². The Balaban J connectivity index is 0.00000210. The summed E-state index contributed by atoms with van der Waals surface area (Å²) < 4.78 is 15.9. The molecule has 0 unspecified atom stereocenters. The minimum absolute atomic E-state index is 0. The standard InChI is InChI=1S/C19H19FN6.ClH/c20-15-7-8-25(12-16(15)22)19-24-17-3-1-2-4-18(17)26(19)11-14-6-5-13(9-21)10-23-14;/h1-6,10,15-16H,7-8,11-12,22H2;1H/t15-,16-;/m1./s1. The number of imidazole rings is 1. The van der Waals surface area contributed by atoms with Crippen LogP contribution in [0, 0.1) is 11.3 Å². The smallest absolute Gasteiger partial charge is 0.206 e. The van der Waals surface area contributed by atoms with Gasteiger partial charge in [0.2, 0.25) is 5.95 Å². The molecular formula is C19H20ClFN6. The summed E-state index contributed by atoms with van der Waals surface area (Å²) in [6, 6.07) is 13.1. The van der Waals surface area contributed by atoms with Crippen LogP contribution in [0.15, 0.2) is 42.6 Å². The molecule has 140 valence electrons. The van der Waals surface area contributed by atoms with Gasteiger partial charge in [-0.25, -0.2) is 9.37 Å². The second-order valence-corrected chi connectivity index (χ2v) is 6.55. The maximum Gasteiger partial charge on any atom is 0.206 e. The van der Waals surface area contributed by atoms with E-state index in [1.165, 1.54) is 0 Å². The van der Waals surface area contributed by atoms with E-state index in [0.717, 1.165) is 22.7 Å². The Morgan fingerprint density at radius 3 is 2.78 bits per heavy atom. The summed E-state index contributed by atoms with van der Waals surface area (Å²) in [7, 11) is 0. The van der Waals surface area contributed by atoms with Gasteiger partial charge in [-0.1, -0.05) is 12.1 Å². The monoisotopic (exact) mass is 386 g/mol. The highest BCUT2D eigenvalue weighted by molar-refractivity contribution is 5.85. The highest BCUT2D eigenvalue weighted by Gasteiger charge is 2.29. The molecule has 0 spiro atoms. The van der Waals surface area contributed by atoms with Crippen LogP contribution >= 0.6 is 12.4 Å². The van der Waals surface area contributed by atoms with Crippen LogP contribution in [0.3, 0.4) is 0 Å². The SMILES string of the molecule is Cl.N#Cc1ccc(Cn2c(N3CC[C@@H](F)[C@H](N)C3)nc3ccccc32)nc1. The lowest BCUT2D eigenvalue weighted by atomic mass is 10.1. The number of benzene rings is 1. The van der Waals surface area contributed by atoms with E-state index in [2.05, 4.69) is 15.6 Å². The molecule has 0 saturated carbocycles. The summed E-state index contributed by atoms with van der Waals surface area (Å²) in [5.74, 6) is 0.778. The van der Waals surface area contributed by atoms with E-state index >= 15 is 0 Å². The summed E-state index contributed by atoms with van der Waals surface area (Å²) in [4.78, 5) is 11.2. The molecule has 0 aliphatic carbocycles. The number of para-hydroxylation sites is 2. The van der Waals surface area contributed by atoms with Gasteiger partial charge in [0.25, 0.3) is 0 Å². The van der Waals surface area contributed by atoms with Crippen molar-refractivity contribution < 1.29 is 4.39 Å². The number of piperidine rings is 1. The predicted octanol–water partition coefficient (Wildman–Crippen LogP) is 2.65. The number of alkyl halides is 1. The molecule has 1 aliphatic rings. The third-order valence-electron chi connectivity index (χ3n) is 4.76. The average molecular weight is 387 g/mol. The molecule has 0 radical (unpaired) electrons. The first-order chi connectivity index (χ1) is 12.7. The lowest BCUT2D eigenvalue weighted by Gasteiger charge is -2.34. The van der Waals surface area contributed by atoms with E-state index in [1.807, 2.05) is 35.2 Å². The summed E-state index contributed by atoms with van der Waals surface area (Å²) in [6.07, 6.45) is 1.00. The van der Waals surface area contributed by atoms with Gasteiger partial charge in [0.05, 0.1) is 34.9 Å². The van der Waals surface area contributed by atoms with Crippen molar-refractivity contribution in [2.24, 2.45) is 5.73 Å². The van der Waals surface area contributed by atoms with Gasteiger partial charge in [-0.2, -0.15) is 5.26 Å². The quantitative estimate of drug-likeness (QED) is 0.748. The molecule has 2 aromatic heterocycles. The topological polar surface area (TPSA) is 83.8 Å².